The SMILES string of the molecule is c1ccc(-n2c3ccccc3c3cc(-n4c5ccccc5c5c6ccc7c(c6ccc54)c4ccccc4n7-c4ccccc4)ccc32)cc1. The molecule has 228 valence electrons. The maximum atomic E-state index is 2.45. The van der Waals surface area contributed by atoms with Crippen LogP contribution >= 0.6 is 0 Å². The molecule has 0 bridgehead atoms. The molecule has 3 heteroatoms. The molecule has 0 aliphatic rings. The van der Waals surface area contributed by atoms with Crippen molar-refractivity contribution in [1.29, 1.82) is 0 Å². The Kier molecular flexibility index (Phi) is 5.38. The van der Waals surface area contributed by atoms with E-state index in [1.165, 1.54) is 87.6 Å². The number of fused-ring (bicyclic) bond motifs is 12. The number of rotatable bonds is 3. The number of benzene rings is 8. The first-order chi connectivity index (χ1) is 24.3. The summed E-state index contributed by atoms with van der Waals surface area (Å²) in [7, 11) is 0. The van der Waals surface area contributed by atoms with E-state index in [0.29, 0.717) is 0 Å². The van der Waals surface area contributed by atoms with Gasteiger partial charge in [-0.05, 0) is 83.6 Å². The van der Waals surface area contributed by atoms with Gasteiger partial charge in [-0.15, -0.1) is 0 Å². The number of aromatic nitrogens is 3. The van der Waals surface area contributed by atoms with E-state index in [4.69, 9.17) is 0 Å². The van der Waals surface area contributed by atoms with Gasteiger partial charge in [0, 0.05) is 49.4 Å². The summed E-state index contributed by atoms with van der Waals surface area (Å²) in [6.45, 7) is 0. The lowest BCUT2D eigenvalue weighted by atomic mass is 9.99. The highest BCUT2D eigenvalue weighted by Crippen LogP contribution is 2.43. The van der Waals surface area contributed by atoms with Gasteiger partial charge < -0.3 is 13.7 Å². The van der Waals surface area contributed by atoms with Gasteiger partial charge in [0.1, 0.15) is 0 Å². The van der Waals surface area contributed by atoms with Gasteiger partial charge in [-0.2, -0.15) is 0 Å². The van der Waals surface area contributed by atoms with Crippen molar-refractivity contribution in [3.63, 3.8) is 0 Å². The molecule has 0 spiro atoms. The lowest BCUT2D eigenvalue weighted by Crippen LogP contribution is -1.95. The van der Waals surface area contributed by atoms with E-state index in [9.17, 15) is 0 Å². The molecule has 3 aromatic heterocycles. The minimum Gasteiger partial charge on any atom is -0.309 e. The van der Waals surface area contributed by atoms with Gasteiger partial charge in [0.25, 0.3) is 0 Å². The summed E-state index contributed by atoms with van der Waals surface area (Å²) < 4.78 is 7.24. The highest BCUT2D eigenvalue weighted by atomic mass is 15.0. The lowest BCUT2D eigenvalue weighted by Gasteiger charge is -2.11. The third kappa shape index (κ3) is 3.62. The summed E-state index contributed by atoms with van der Waals surface area (Å²) in [4.78, 5) is 0. The molecule has 3 heterocycles. The summed E-state index contributed by atoms with van der Waals surface area (Å²) in [6, 6.07) is 64.1. The maximum absolute atomic E-state index is 2.45. The number of hydrogen-bond acceptors (Lipinski definition) is 0. The van der Waals surface area contributed by atoms with Crippen LogP contribution in [-0.4, -0.2) is 13.7 Å². The average molecular weight is 624 g/mol. The first-order valence-electron chi connectivity index (χ1n) is 16.9. The zero-order valence-corrected chi connectivity index (χ0v) is 26.6. The summed E-state index contributed by atoms with van der Waals surface area (Å²) in [5.74, 6) is 0. The Balaban J connectivity index is 1.22. The van der Waals surface area contributed by atoms with Gasteiger partial charge >= 0.3 is 0 Å². The third-order valence-electron chi connectivity index (χ3n) is 10.4. The molecule has 3 nitrogen and oxygen atoms in total. The Morgan fingerprint density at radius 2 is 0.612 bits per heavy atom. The first kappa shape index (κ1) is 26.5. The molecule has 0 radical (unpaired) electrons. The molecular formula is C46H29N3. The molecule has 0 N–H and O–H groups in total. The molecule has 49 heavy (non-hydrogen) atoms. The van der Waals surface area contributed by atoms with Crippen LogP contribution in [0.2, 0.25) is 0 Å². The Morgan fingerprint density at radius 3 is 1.16 bits per heavy atom. The number of hydrogen-bond donors (Lipinski definition) is 0. The van der Waals surface area contributed by atoms with Crippen LogP contribution < -0.4 is 0 Å². The van der Waals surface area contributed by atoms with Crippen molar-refractivity contribution in [3.8, 4) is 17.1 Å². The topological polar surface area (TPSA) is 14.8 Å². The average Bonchev–Trinajstić information content (AvgIpc) is 3.81. The minimum atomic E-state index is 1.16. The number of para-hydroxylation sites is 5. The fourth-order valence-electron chi connectivity index (χ4n) is 8.43. The van der Waals surface area contributed by atoms with Gasteiger partial charge in [0.2, 0.25) is 0 Å². The predicted molar refractivity (Wildman–Crippen MR) is 207 cm³/mol. The standard InChI is InChI=1S/C46H29N3/c1-3-13-30(14-4-1)47-39-20-10-7-17-33(39)38-29-32(23-26-42(38)47)49-41-22-12-9-19-37(41)46-35-24-27-43-45(34(35)25-28-44(46)49)36-18-8-11-21-40(36)48(43)31-15-5-2-6-16-31/h1-29H. The molecule has 0 unspecified atom stereocenters. The first-order valence-corrected chi connectivity index (χ1v) is 16.9. The Hall–Kier alpha value is -6.58. The maximum Gasteiger partial charge on any atom is 0.0547 e. The van der Waals surface area contributed by atoms with Crippen molar-refractivity contribution in [2.24, 2.45) is 0 Å². The van der Waals surface area contributed by atoms with Crippen LogP contribution in [0.1, 0.15) is 0 Å². The molecular weight excluding hydrogens is 595 g/mol. The second kappa shape index (κ2) is 9.96. The second-order valence-corrected chi connectivity index (χ2v) is 12.9. The molecule has 0 fully saturated rings. The van der Waals surface area contributed by atoms with Gasteiger partial charge in [0.05, 0.1) is 33.1 Å². The fraction of sp³-hybridized carbons (Fsp3) is 0. The number of nitrogens with zero attached hydrogens (tertiary/aromatic N) is 3. The Morgan fingerprint density at radius 1 is 0.224 bits per heavy atom. The van der Waals surface area contributed by atoms with Crippen molar-refractivity contribution < 1.29 is 0 Å². The van der Waals surface area contributed by atoms with Crippen molar-refractivity contribution in [2.75, 3.05) is 0 Å². The van der Waals surface area contributed by atoms with Crippen LogP contribution in [0, 0.1) is 0 Å². The monoisotopic (exact) mass is 623 g/mol. The van der Waals surface area contributed by atoms with Crippen LogP contribution in [0.4, 0.5) is 0 Å². The molecule has 0 aliphatic carbocycles. The highest BCUT2D eigenvalue weighted by Gasteiger charge is 2.20. The Bertz CT molecular complexity index is 3090. The van der Waals surface area contributed by atoms with E-state index >= 15 is 0 Å². The normalized spacial score (nSPS) is 12.1. The third-order valence-corrected chi connectivity index (χ3v) is 10.4. The van der Waals surface area contributed by atoms with Crippen molar-refractivity contribution >= 4 is 76.2 Å². The van der Waals surface area contributed by atoms with E-state index in [1.807, 2.05) is 0 Å². The summed E-state index contributed by atoms with van der Waals surface area (Å²) in [6.07, 6.45) is 0. The Labute approximate surface area is 282 Å². The van der Waals surface area contributed by atoms with Crippen LogP contribution in [-0.2, 0) is 0 Å². The lowest BCUT2D eigenvalue weighted by molar-refractivity contribution is 1.17. The van der Waals surface area contributed by atoms with Crippen LogP contribution in [0.5, 0.6) is 0 Å². The van der Waals surface area contributed by atoms with E-state index in [1.54, 1.807) is 0 Å². The molecule has 11 rings (SSSR count). The predicted octanol–water partition coefficient (Wildman–Crippen LogP) is 12.1. The second-order valence-electron chi connectivity index (χ2n) is 12.9. The molecule has 11 aromatic rings. The quantitative estimate of drug-likeness (QED) is 0.186. The summed E-state index contributed by atoms with van der Waals surface area (Å²) in [5, 5.41) is 10.2. The summed E-state index contributed by atoms with van der Waals surface area (Å²) >= 11 is 0. The van der Waals surface area contributed by atoms with Gasteiger partial charge in [-0.25, -0.2) is 0 Å². The fourth-order valence-corrected chi connectivity index (χ4v) is 8.43. The highest BCUT2D eigenvalue weighted by molar-refractivity contribution is 6.29. The zero-order valence-electron chi connectivity index (χ0n) is 26.6. The van der Waals surface area contributed by atoms with E-state index in [0.717, 1.165) is 5.69 Å². The molecule has 0 aliphatic heterocycles. The largest absolute Gasteiger partial charge is 0.309 e. The van der Waals surface area contributed by atoms with E-state index < -0.39 is 0 Å². The molecule has 8 aromatic carbocycles. The van der Waals surface area contributed by atoms with Gasteiger partial charge in [-0.1, -0.05) is 103 Å². The van der Waals surface area contributed by atoms with Crippen molar-refractivity contribution in [1.82, 2.24) is 13.7 Å². The van der Waals surface area contributed by atoms with Crippen LogP contribution in [0.25, 0.3) is 93.3 Å². The van der Waals surface area contributed by atoms with E-state index in [-0.39, 0.29) is 0 Å². The minimum absolute atomic E-state index is 1.16. The zero-order chi connectivity index (χ0) is 32.1. The van der Waals surface area contributed by atoms with E-state index in [2.05, 4.69) is 190 Å². The van der Waals surface area contributed by atoms with Gasteiger partial charge in [-0.3, -0.25) is 0 Å². The van der Waals surface area contributed by atoms with Crippen molar-refractivity contribution in [3.05, 3.63) is 176 Å². The summed E-state index contributed by atoms with van der Waals surface area (Å²) in [5.41, 5.74) is 10.8. The van der Waals surface area contributed by atoms with Crippen molar-refractivity contribution in [2.45, 2.75) is 0 Å². The molecule has 0 saturated heterocycles. The smallest absolute Gasteiger partial charge is 0.0547 e. The van der Waals surface area contributed by atoms with Crippen LogP contribution in [0.3, 0.4) is 0 Å². The molecule has 0 saturated carbocycles. The van der Waals surface area contributed by atoms with Gasteiger partial charge in [0.15, 0.2) is 0 Å². The molecule has 0 amide bonds. The molecule has 0 atom stereocenters. The van der Waals surface area contributed by atoms with Crippen LogP contribution in [0.15, 0.2) is 176 Å².